The fourth-order valence-corrected chi connectivity index (χ4v) is 8.65. The lowest BCUT2D eigenvalue weighted by molar-refractivity contribution is 0.649. The normalized spacial score (nSPS) is 23.3. The smallest absolute Gasteiger partial charge is 0.0166 e. The van der Waals surface area contributed by atoms with Crippen molar-refractivity contribution in [2.75, 3.05) is 0 Å². The predicted octanol–water partition coefficient (Wildman–Crippen LogP) is 7.61. The lowest BCUT2D eigenvalue weighted by Gasteiger charge is -2.29. The molecule has 1 aromatic rings. The average molecular weight is 361 g/mol. The zero-order valence-electron chi connectivity index (χ0n) is 17.3. The Bertz CT molecular complexity index is 479. The second-order valence-corrected chi connectivity index (χ2v) is 10.8. The van der Waals surface area contributed by atoms with E-state index < -0.39 is 0 Å². The van der Waals surface area contributed by atoms with Crippen LogP contribution in [0.1, 0.15) is 103 Å². The van der Waals surface area contributed by atoms with E-state index in [0.717, 1.165) is 11.3 Å². The zero-order valence-corrected chi connectivity index (χ0v) is 18.2. The van der Waals surface area contributed by atoms with Gasteiger partial charge in [0, 0.05) is 0 Å². The minimum atomic E-state index is 0.0585. The minimum Gasteiger partial charge on any atom is -0.0687 e. The molecular formula is C24H41P. The highest BCUT2D eigenvalue weighted by Crippen LogP contribution is 2.58. The molecule has 0 bridgehead atoms. The van der Waals surface area contributed by atoms with Gasteiger partial charge < -0.3 is 0 Å². The Morgan fingerprint density at radius 3 is 1.96 bits per heavy atom. The van der Waals surface area contributed by atoms with E-state index in [1.807, 2.05) is 0 Å². The predicted molar refractivity (Wildman–Crippen MR) is 117 cm³/mol. The Morgan fingerprint density at radius 1 is 0.800 bits per heavy atom. The Morgan fingerprint density at radius 2 is 1.40 bits per heavy atom. The first-order valence-electron chi connectivity index (χ1n) is 11.1. The SMILES string of the molecule is CCCCc1ccc(P2C(CCC)CCC2CCC)c(CCCC)c1. The van der Waals surface area contributed by atoms with Crippen molar-refractivity contribution in [1.29, 1.82) is 0 Å². The fourth-order valence-electron chi connectivity index (χ4n) is 4.58. The average Bonchev–Trinajstić information content (AvgIpc) is 3.01. The molecule has 0 amide bonds. The summed E-state index contributed by atoms with van der Waals surface area (Å²) in [5.74, 6) is 0. The first kappa shape index (κ1) is 21.0. The maximum atomic E-state index is 2.60. The van der Waals surface area contributed by atoms with Crippen molar-refractivity contribution in [2.45, 2.75) is 116 Å². The van der Waals surface area contributed by atoms with Crippen LogP contribution < -0.4 is 5.30 Å². The van der Waals surface area contributed by atoms with Gasteiger partial charge in [0.25, 0.3) is 0 Å². The molecule has 0 aromatic heterocycles. The van der Waals surface area contributed by atoms with Gasteiger partial charge in [-0.25, -0.2) is 0 Å². The number of hydrogen-bond donors (Lipinski definition) is 0. The molecule has 0 saturated carbocycles. The van der Waals surface area contributed by atoms with Crippen molar-refractivity contribution in [2.24, 2.45) is 0 Å². The minimum absolute atomic E-state index is 0.0585. The van der Waals surface area contributed by atoms with Crippen molar-refractivity contribution in [1.82, 2.24) is 0 Å². The number of rotatable bonds is 11. The second-order valence-electron chi connectivity index (χ2n) is 8.04. The Labute approximate surface area is 158 Å². The first-order valence-corrected chi connectivity index (χ1v) is 12.6. The molecule has 2 atom stereocenters. The summed E-state index contributed by atoms with van der Waals surface area (Å²) in [4.78, 5) is 0. The molecule has 25 heavy (non-hydrogen) atoms. The third-order valence-electron chi connectivity index (χ3n) is 5.90. The highest BCUT2D eigenvalue weighted by Gasteiger charge is 2.36. The van der Waals surface area contributed by atoms with Gasteiger partial charge in [0.2, 0.25) is 0 Å². The zero-order chi connectivity index (χ0) is 18.1. The van der Waals surface area contributed by atoms with Gasteiger partial charge in [0.1, 0.15) is 0 Å². The molecular weight excluding hydrogens is 319 g/mol. The van der Waals surface area contributed by atoms with Crippen molar-refractivity contribution < 1.29 is 0 Å². The lowest BCUT2D eigenvalue weighted by atomic mass is 10.0. The van der Waals surface area contributed by atoms with E-state index in [0.29, 0.717) is 0 Å². The van der Waals surface area contributed by atoms with Crippen molar-refractivity contribution in [3.63, 3.8) is 0 Å². The van der Waals surface area contributed by atoms with E-state index in [1.54, 1.807) is 16.4 Å². The number of benzene rings is 1. The Kier molecular flexibility index (Phi) is 9.54. The van der Waals surface area contributed by atoms with E-state index >= 15 is 0 Å². The van der Waals surface area contributed by atoms with Crippen LogP contribution in [0, 0.1) is 0 Å². The van der Waals surface area contributed by atoms with E-state index in [-0.39, 0.29) is 7.92 Å². The maximum absolute atomic E-state index is 2.60. The van der Waals surface area contributed by atoms with Gasteiger partial charge in [0.15, 0.2) is 0 Å². The fraction of sp³-hybridized carbons (Fsp3) is 0.750. The summed E-state index contributed by atoms with van der Waals surface area (Å²) in [7, 11) is 0.0585. The van der Waals surface area contributed by atoms with Gasteiger partial charge in [-0.15, -0.1) is 0 Å². The molecule has 0 spiro atoms. The molecule has 1 saturated heterocycles. The van der Waals surface area contributed by atoms with Crippen molar-refractivity contribution in [3.05, 3.63) is 29.3 Å². The van der Waals surface area contributed by atoms with Gasteiger partial charge in [-0.1, -0.05) is 79.5 Å². The van der Waals surface area contributed by atoms with Crippen LogP contribution in [-0.2, 0) is 12.8 Å². The third-order valence-corrected chi connectivity index (χ3v) is 9.50. The third kappa shape index (κ3) is 5.82. The summed E-state index contributed by atoms with van der Waals surface area (Å²) >= 11 is 0. The van der Waals surface area contributed by atoms with Crippen LogP contribution >= 0.6 is 7.92 Å². The summed E-state index contributed by atoms with van der Waals surface area (Å²) in [6.45, 7) is 9.40. The number of hydrogen-bond acceptors (Lipinski definition) is 0. The molecule has 0 nitrogen and oxygen atoms in total. The van der Waals surface area contributed by atoms with Crippen molar-refractivity contribution in [3.8, 4) is 0 Å². The summed E-state index contributed by atoms with van der Waals surface area (Å²) in [5.41, 5.74) is 5.31. The molecule has 142 valence electrons. The highest BCUT2D eigenvalue weighted by atomic mass is 31.1. The van der Waals surface area contributed by atoms with E-state index in [1.165, 1.54) is 77.0 Å². The maximum Gasteiger partial charge on any atom is -0.0166 e. The monoisotopic (exact) mass is 360 g/mol. The van der Waals surface area contributed by atoms with Gasteiger partial charge in [-0.2, -0.15) is 0 Å². The molecule has 1 aromatic carbocycles. The molecule has 1 aliphatic rings. The van der Waals surface area contributed by atoms with Gasteiger partial charge >= 0.3 is 0 Å². The summed E-state index contributed by atoms with van der Waals surface area (Å²) in [5, 5.41) is 1.80. The first-order chi connectivity index (χ1) is 12.2. The van der Waals surface area contributed by atoms with Gasteiger partial charge in [-0.3, -0.25) is 0 Å². The van der Waals surface area contributed by atoms with E-state index in [2.05, 4.69) is 45.9 Å². The molecule has 2 unspecified atom stereocenters. The molecule has 0 radical (unpaired) electrons. The highest BCUT2D eigenvalue weighted by molar-refractivity contribution is 7.67. The van der Waals surface area contributed by atoms with E-state index in [9.17, 15) is 0 Å². The lowest BCUT2D eigenvalue weighted by Crippen LogP contribution is -2.19. The molecule has 0 aliphatic carbocycles. The van der Waals surface area contributed by atoms with Gasteiger partial charge in [-0.05, 0) is 79.1 Å². The molecule has 2 rings (SSSR count). The van der Waals surface area contributed by atoms with Crippen molar-refractivity contribution >= 4 is 13.2 Å². The van der Waals surface area contributed by atoms with Crippen LogP contribution in [0.3, 0.4) is 0 Å². The molecule has 0 N–H and O–H groups in total. The van der Waals surface area contributed by atoms with Crippen LogP contribution in [0.25, 0.3) is 0 Å². The summed E-state index contributed by atoms with van der Waals surface area (Å²) < 4.78 is 0. The second kappa shape index (κ2) is 11.4. The van der Waals surface area contributed by atoms with Crippen LogP contribution in [0.15, 0.2) is 18.2 Å². The topological polar surface area (TPSA) is 0 Å². The number of unbranched alkanes of at least 4 members (excludes halogenated alkanes) is 2. The van der Waals surface area contributed by atoms with Crippen LogP contribution in [0.4, 0.5) is 0 Å². The molecule has 1 heterocycles. The Hall–Kier alpha value is -0.350. The largest absolute Gasteiger partial charge is 0.0687 e. The molecule has 1 fully saturated rings. The molecule has 1 aliphatic heterocycles. The number of aryl methyl sites for hydroxylation is 2. The van der Waals surface area contributed by atoms with Crippen LogP contribution in [0.2, 0.25) is 0 Å². The van der Waals surface area contributed by atoms with Crippen LogP contribution in [-0.4, -0.2) is 11.3 Å². The van der Waals surface area contributed by atoms with Crippen LogP contribution in [0.5, 0.6) is 0 Å². The molecule has 1 heteroatoms. The van der Waals surface area contributed by atoms with Gasteiger partial charge in [0.05, 0.1) is 0 Å². The van der Waals surface area contributed by atoms with E-state index in [4.69, 9.17) is 0 Å². The summed E-state index contributed by atoms with van der Waals surface area (Å²) in [6, 6.07) is 7.67. The Balaban J connectivity index is 2.31. The quantitative estimate of drug-likeness (QED) is 0.356. The standard InChI is InChI=1S/C24H41P/c1-5-9-13-20-15-18-24(21(19-20)14-10-6-2)25-22(11-7-3)16-17-23(25)12-8-4/h15,18-19,22-23H,5-14,16-17H2,1-4H3. The summed E-state index contributed by atoms with van der Waals surface area (Å²) in [6.07, 6.45) is 16.5.